The molecule has 1 aromatic carbocycles. The zero-order valence-corrected chi connectivity index (χ0v) is 15.5. The molecule has 1 unspecified atom stereocenters. The molecule has 1 atom stereocenters. The second-order valence-electron chi connectivity index (χ2n) is 3.78. The first-order chi connectivity index (χ1) is 9.18. The lowest BCUT2D eigenvalue weighted by atomic mass is 10.3. The predicted octanol–water partition coefficient (Wildman–Crippen LogP) is 3.41. The summed E-state index contributed by atoms with van der Waals surface area (Å²) in [5, 5.41) is 8.38. The van der Waals surface area contributed by atoms with Crippen LogP contribution in [0.25, 0.3) is 0 Å². The summed E-state index contributed by atoms with van der Waals surface area (Å²) in [6.45, 7) is 1.32. The number of alkyl halides is 3. The fraction of sp³-hybridized carbons (Fsp3) is 0.273. The molecule has 1 aromatic rings. The van der Waals surface area contributed by atoms with Crippen molar-refractivity contribution in [1.29, 1.82) is 0 Å². The van der Waals surface area contributed by atoms with Crippen LogP contribution < -0.4 is 16.0 Å². The van der Waals surface area contributed by atoms with E-state index in [0.29, 0.717) is 0 Å². The van der Waals surface area contributed by atoms with Crippen LogP contribution >= 0.6 is 69.6 Å². The van der Waals surface area contributed by atoms with E-state index in [-0.39, 0.29) is 11.0 Å². The predicted molar refractivity (Wildman–Crippen MR) is 96.4 cm³/mol. The number of carbonyl (C=O) groups excluding carboxylic acids is 1. The molecule has 0 radical (unpaired) electrons. The summed E-state index contributed by atoms with van der Waals surface area (Å²) in [7, 11) is 0. The average molecular weight is 467 g/mol. The van der Waals surface area contributed by atoms with E-state index < -0.39 is 9.96 Å². The van der Waals surface area contributed by atoms with E-state index in [4.69, 9.17) is 47.0 Å². The van der Waals surface area contributed by atoms with E-state index in [1.807, 2.05) is 24.3 Å². The van der Waals surface area contributed by atoms with Crippen molar-refractivity contribution in [2.45, 2.75) is 16.9 Å². The molecule has 20 heavy (non-hydrogen) atoms. The SMILES string of the molecule is CC(=O)NC(NC(=S)Nc1ccc(I)cc1)C(Cl)(Cl)Cl. The van der Waals surface area contributed by atoms with Crippen LogP contribution in [-0.4, -0.2) is 21.0 Å². The zero-order valence-electron chi connectivity index (χ0n) is 10.2. The number of halogens is 4. The highest BCUT2D eigenvalue weighted by Crippen LogP contribution is 2.29. The van der Waals surface area contributed by atoms with Crippen molar-refractivity contribution in [2.24, 2.45) is 0 Å². The number of hydrogen-bond acceptors (Lipinski definition) is 2. The van der Waals surface area contributed by atoms with Crippen molar-refractivity contribution in [3.05, 3.63) is 27.8 Å². The van der Waals surface area contributed by atoms with Gasteiger partial charge in [-0.1, -0.05) is 34.8 Å². The van der Waals surface area contributed by atoms with Gasteiger partial charge < -0.3 is 16.0 Å². The van der Waals surface area contributed by atoms with Gasteiger partial charge in [-0.3, -0.25) is 4.79 Å². The van der Waals surface area contributed by atoms with E-state index in [9.17, 15) is 4.79 Å². The summed E-state index contributed by atoms with van der Waals surface area (Å²) in [6, 6.07) is 7.56. The topological polar surface area (TPSA) is 53.2 Å². The zero-order chi connectivity index (χ0) is 15.3. The van der Waals surface area contributed by atoms with E-state index in [2.05, 4.69) is 38.5 Å². The van der Waals surface area contributed by atoms with Crippen LogP contribution in [-0.2, 0) is 4.79 Å². The number of benzene rings is 1. The van der Waals surface area contributed by atoms with E-state index >= 15 is 0 Å². The van der Waals surface area contributed by atoms with Gasteiger partial charge in [0, 0.05) is 16.2 Å². The molecule has 0 aliphatic rings. The van der Waals surface area contributed by atoms with Gasteiger partial charge in [0.05, 0.1) is 0 Å². The smallest absolute Gasteiger partial charge is 0.228 e. The Balaban J connectivity index is 2.66. The minimum atomic E-state index is -1.73. The standard InChI is InChI=1S/C11H11Cl3IN3OS/c1-6(19)16-9(11(12,13)14)18-10(20)17-8-4-2-7(15)3-5-8/h2-5,9H,1H3,(H,16,19)(H2,17,18,20). The molecule has 0 fully saturated rings. The average Bonchev–Trinajstić information content (AvgIpc) is 2.29. The molecule has 0 aliphatic carbocycles. The Kier molecular flexibility index (Phi) is 7.07. The number of hydrogen-bond donors (Lipinski definition) is 3. The molecule has 0 saturated heterocycles. The molecule has 1 rings (SSSR count). The van der Waals surface area contributed by atoms with Crippen molar-refractivity contribution in [2.75, 3.05) is 5.32 Å². The number of amides is 1. The van der Waals surface area contributed by atoms with Crippen LogP contribution in [0.2, 0.25) is 0 Å². The molecule has 0 aliphatic heterocycles. The summed E-state index contributed by atoms with van der Waals surface area (Å²) in [4.78, 5) is 11.1. The van der Waals surface area contributed by atoms with Gasteiger partial charge in [-0.05, 0) is 59.1 Å². The molecular weight excluding hydrogens is 455 g/mol. The van der Waals surface area contributed by atoms with Gasteiger partial charge in [-0.2, -0.15) is 0 Å². The maximum absolute atomic E-state index is 11.1. The first kappa shape index (κ1) is 18.0. The Bertz CT molecular complexity index is 493. The van der Waals surface area contributed by atoms with Crippen LogP contribution in [0.5, 0.6) is 0 Å². The van der Waals surface area contributed by atoms with Crippen LogP contribution in [0.4, 0.5) is 5.69 Å². The second kappa shape index (κ2) is 7.84. The van der Waals surface area contributed by atoms with Crippen molar-refractivity contribution in [3.8, 4) is 0 Å². The maximum atomic E-state index is 11.1. The van der Waals surface area contributed by atoms with Crippen LogP contribution in [0.15, 0.2) is 24.3 Å². The summed E-state index contributed by atoms with van der Waals surface area (Å²) in [5.41, 5.74) is 0.786. The molecule has 4 nitrogen and oxygen atoms in total. The molecule has 9 heteroatoms. The minimum absolute atomic E-state index is 0.233. The van der Waals surface area contributed by atoms with Gasteiger partial charge in [0.2, 0.25) is 9.70 Å². The maximum Gasteiger partial charge on any atom is 0.228 e. The van der Waals surface area contributed by atoms with Gasteiger partial charge in [0.1, 0.15) is 6.17 Å². The van der Waals surface area contributed by atoms with Gasteiger partial charge >= 0.3 is 0 Å². The highest BCUT2D eigenvalue weighted by atomic mass is 127. The van der Waals surface area contributed by atoms with Gasteiger partial charge in [-0.25, -0.2) is 0 Å². The number of thiocarbonyl (C=S) groups is 1. The molecule has 0 aromatic heterocycles. The van der Waals surface area contributed by atoms with Crippen molar-refractivity contribution >= 4 is 86.3 Å². The fourth-order valence-electron chi connectivity index (χ4n) is 1.23. The lowest BCUT2D eigenvalue weighted by Crippen LogP contribution is -2.55. The number of anilines is 1. The van der Waals surface area contributed by atoms with E-state index in [0.717, 1.165) is 9.26 Å². The van der Waals surface area contributed by atoms with Gasteiger partial charge in [-0.15, -0.1) is 0 Å². The molecule has 110 valence electrons. The molecule has 0 saturated carbocycles. The Morgan fingerprint density at radius 3 is 2.25 bits per heavy atom. The summed E-state index contributed by atoms with van der Waals surface area (Å²) >= 11 is 24.6. The Labute approximate surface area is 151 Å². The highest BCUT2D eigenvalue weighted by Gasteiger charge is 2.33. The normalized spacial score (nSPS) is 12.4. The lowest BCUT2D eigenvalue weighted by Gasteiger charge is -2.27. The third kappa shape index (κ3) is 6.62. The van der Waals surface area contributed by atoms with Crippen LogP contribution in [0, 0.1) is 3.57 Å². The lowest BCUT2D eigenvalue weighted by molar-refractivity contribution is -0.119. The largest absolute Gasteiger partial charge is 0.339 e. The van der Waals surface area contributed by atoms with Gasteiger partial charge in [0.15, 0.2) is 5.11 Å². The first-order valence-corrected chi connectivity index (χ1v) is 7.97. The highest BCUT2D eigenvalue weighted by molar-refractivity contribution is 14.1. The third-order valence-electron chi connectivity index (χ3n) is 2.05. The quantitative estimate of drug-likeness (QED) is 0.277. The Morgan fingerprint density at radius 1 is 1.25 bits per heavy atom. The molecule has 0 heterocycles. The Morgan fingerprint density at radius 2 is 1.80 bits per heavy atom. The molecular formula is C11H11Cl3IN3OS. The van der Waals surface area contributed by atoms with E-state index in [1.165, 1.54) is 6.92 Å². The molecule has 0 spiro atoms. The number of nitrogens with one attached hydrogen (secondary N) is 3. The summed E-state index contributed by atoms with van der Waals surface area (Å²) in [6.07, 6.45) is -0.936. The molecule has 3 N–H and O–H groups in total. The third-order valence-corrected chi connectivity index (χ3v) is 3.65. The van der Waals surface area contributed by atoms with Crippen LogP contribution in [0.3, 0.4) is 0 Å². The second-order valence-corrected chi connectivity index (χ2v) is 7.80. The van der Waals surface area contributed by atoms with Crippen molar-refractivity contribution < 1.29 is 4.79 Å². The fourth-order valence-corrected chi connectivity index (χ4v) is 2.16. The Hall–Kier alpha value is -0.0200. The van der Waals surface area contributed by atoms with E-state index in [1.54, 1.807) is 0 Å². The summed E-state index contributed by atoms with van der Waals surface area (Å²) < 4.78 is -0.631. The molecule has 0 bridgehead atoms. The summed E-state index contributed by atoms with van der Waals surface area (Å²) in [5.74, 6) is -0.342. The number of rotatable bonds is 3. The van der Waals surface area contributed by atoms with Crippen molar-refractivity contribution in [1.82, 2.24) is 10.6 Å². The minimum Gasteiger partial charge on any atom is -0.339 e. The van der Waals surface area contributed by atoms with Crippen molar-refractivity contribution in [3.63, 3.8) is 0 Å². The number of carbonyl (C=O) groups is 1. The van der Waals surface area contributed by atoms with Crippen LogP contribution in [0.1, 0.15) is 6.92 Å². The first-order valence-electron chi connectivity index (χ1n) is 5.35. The van der Waals surface area contributed by atoms with Gasteiger partial charge in [0.25, 0.3) is 0 Å². The monoisotopic (exact) mass is 465 g/mol. The molecule has 1 amide bonds.